The first kappa shape index (κ1) is 16.4. The number of ether oxygens (including phenoxy) is 1. The molecule has 0 aliphatic carbocycles. The first-order valence-electron chi connectivity index (χ1n) is 7.75. The molecule has 1 amide bonds. The van der Waals surface area contributed by atoms with Crippen molar-refractivity contribution in [1.82, 2.24) is 10.2 Å². The Balaban J connectivity index is 2.35. The van der Waals surface area contributed by atoms with Gasteiger partial charge in [0.1, 0.15) is 0 Å². The normalized spacial score (nSPS) is 19.7. The summed E-state index contributed by atoms with van der Waals surface area (Å²) in [6, 6.07) is 0.735. The van der Waals surface area contributed by atoms with Crippen molar-refractivity contribution in [3.63, 3.8) is 0 Å². The van der Waals surface area contributed by atoms with Crippen molar-refractivity contribution < 1.29 is 9.53 Å². The van der Waals surface area contributed by atoms with Gasteiger partial charge in [-0.05, 0) is 39.7 Å². The zero-order valence-corrected chi connectivity index (χ0v) is 12.8. The predicted molar refractivity (Wildman–Crippen MR) is 78.2 cm³/mol. The van der Waals surface area contributed by atoms with E-state index in [2.05, 4.69) is 26.1 Å². The van der Waals surface area contributed by atoms with Gasteiger partial charge in [0, 0.05) is 25.2 Å². The average Bonchev–Trinajstić information content (AvgIpc) is 2.41. The van der Waals surface area contributed by atoms with E-state index in [-0.39, 0.29) is 11.9 Å². The number of carbonyl (C=O) groups excluding carboxylic acids is 1. The van der Waals surface area contributed by atoms with Gasteiger partial charge in [0.25, 0.3) is 0 Å². The van der Waals surface area contributed by atoms with Crippen LogP contribution in [0.3, 0.4) is 0 Å². The molecule has 4 heteroatoms. The number of nitrogens with one attached hydrogen (secondary N) is 1. The Morgan fingerprint density at radius 3 is 2.74 bits per heavy atom. The molecular weight excluding hydrogens is 240 g/mol. The van der Waals surface area contributed by atoms with Gasteiger partial charge >= 0.3 is 0 Å². The number of piperidine rings is 1. The molecule has 19 heavy (non-hydrogen) atoms. The van der Waals surface area contributed by atoms with Gasteiger partial charge in [-0.1, -0.05) is 13.3 Å². The maximum absolute atomic E-state index is 12.2. The van der Waals surface area contributed by atoms with E-state index in [4.69, 9.17) is 4.74 Å². The molecule has 1 fully saturated rings. The van der Waals surface area contributed by atoms with E-state index < -0.39 is 0 Å². The SMILES string of the molecule is CCCOCCC(=O)N(CC1CCCCN1)C(C)C. The van der Waals surface area contributed by atoms with Crippen molar-refractivity contribution in [2.45, 2.75) is 65.0 Å². The third-order valence-electron chi connectivity index (χ3n) is 3.58. The molecule has 1 unspecified atom stereocenters. The van der Waals surface area contributed by atoms with Gasteiger partial charge in [-0.15, -0.1) is 0 Å². The molecule has 0 aromatic rings. The second-order valence-electron chi connectivity index (χ2n) is 5.65. The van der Waals surface area contributed by atoms with Crippen LogP contribution in [0.25, 0.3) is 0 Å². The lowest BCUT2D eigenvalue weighted by molar-refractivity contribution is -0.134. The summed E-state index contributed by atoms with van der Waals surface area (Å²) in [5.41, 5.74) is 0. The van der Waals surface area contributed by atoms with Gasteiger partial charge in [0.05, 0.1) is 13.0 Å². The summed E-state index contributed by atoms with van der Waals surface area (Å²) in [5, 5.41) is 3.51. The monoisotopic (exact) mass is 270 g/mol. The van der Waals surface area contributed by atoms with Crippen LogP contribution in [0.2, 0.25) is 0 Å². The van der Waals surface area contributed by atoms with E-state index >= 15 is 0 Å². The van der Waals surface area contributed by atoms with E-state index in [1.807, 2.05) is 4.90 Å². The quantitative estimate of drug-likeness (QED) is 0.687. The fourth-order valence-corrected chi connectivity index (χ4v) is 2.47. The van der Waals surface area contributed by atoms with Crippen molar-refractivity contribution >= 4 is 5.91 Å². The van der Waals surface area contributed by atoms with E-state index in [0.717, 1.165) is 26.1 Å². The molecule has 1 aliphatic rings. The van der Waals surface area contributed by atoms with Crippen molar-refractivity contribution in [2.24, 2.45) is 0 Å². The summed E-state index contributed by atoms with van der Waals surface area (Å²) in [4.78, 5) is 14.2. The van der Waals surface area contributed by atoms with E-state index in [0.29, 0.717) is 19.1 Å². The fraction of sp³-hybridized carbons (Fsp3) is 0.933. The summed E-state index contributed by atoms with van der Waals surface area (Å²) < 4.78 is 5.41. The molecule has 1 saturated heterocycles. The van der Waals surface area contributed by atoms with Gasteiger partial charge in [-0.3, -0.25) is 4.79 Å². The van der Waals surface area contributed by atoms with Crippen molar-refractivity contribution in [1.29, 1.82) is 0 Å². The van der Waals surface area contributed by atoms with Gasteiger partial charge < -0.3 is 15.0 Å². The second kappa shape index (κ2) is 9.32. The van der Waals surface area contributed by atoms with Crippen LogP contribution in [0.5, 0.6) is 0 Å². The molecule has 1 heterocycles. The number of carbonyl (C=O) groups is 1. The molecule has 0 spiro atoms. The number of hydrogen-bond acceptors (Lipinski definition) is 3. The molecule has 0 bridgehead atoms. The average molecular weight is 270 g/mol. The summed E-state index contributed by atoms with van der Waals surface area (Å²) in [6.45, 7) is 9.49. The Kier molecular flexibility index (Phi) is 8.07. The largest absolute Gasteiger partial charge is 0.381 e. The predicted octanol–water partition coefficient (Wildman–Crippen LogP) is 2.18. The van der Waals surface area contributed by atoms with Crippen LogP contribution in [0.4, 0.5) is 0 Å². The van der Waals surface area contributed by atoms with Crippen LogP contribution >= 0.6 is 0 Å². The number of hydrogen-bond donors (Lipinski definition) is 1. The topological polar surface area (TPSA) is 41.6 Å². The molecular formula is C15H30N2O2. The molecule has 0 saturated carbocycles. The molecule has 112 valence electrons. The van der Waals surface area contributed by atoms with Crippen LogP contribution in [-0.4, -0.2) is 49.2 Å². The third kappa shape index (κ3) is 6.39. The highest BCUT2D eigenvalue weighted by Gasteiger charge is 2.22. The van der Waals surface area contributed by atoms with E-state index in [1.54, 1.807) is 0 Å². The van der Waals surface area contributed by atoms with Crippen LogP contribution in [0.15, 0.2) is 0 Å². The summed E-state index contributed by atoms with van der Waals surface area (Å²) in [5.74, 6) is 0.221. The Bertz CT molecular complexity index is 251. The standard InChI is InChI=1S/C15H30N2O2/c1-4-10-19-11-8-15(18)17(13(2)3)12-14-7-5-6-9-16-14/h13-14,16H,4-12H2,1-3H3. The lowest BCUT2D eigenvalue weighted by atomic mass is 10.0. The van der Waals surface area contributed by atoms with Crippen LogP contribution < -0.4 is 5.32 Å². The van der Waals surface area contributed by atoms with Gasteiger partial charge in [-0.25, -0.2) is 0 Å². The number of rotatable bonds is 8. The molecule has 1 N–H and O–H groups in total. The summed E-state index contributed by atoms with van der Waals surface area (Å²) in [7, 11) is 0. The first-order chi connectivity index (χ1) is 9.15. The Labute approximate surface area is 117 Å². The maximum Gasteiger partial charge on any atom is 0.225 e. The van der Waals surface area contributed by atoms with Gasteiger partial charge in [0.15, 0.2) is 0 Å². The minimum absolute atomic E-state index is 0.221. The van der Waals surface area contributed by atoms with E-state index in [1.165, 1.54) is 19.3 Å². The third-order valence-corrected chi connectivity index (χ3v) is 3.58. The maximum atomic E-state index is 12.2. The minimum Gasteiger partial charge on any atom is -0.381 e. The zero-order chi connectivity index (χ0) is 14.1. The molecule has 4 nitrogen and oxygen atoms in total. The molecule has 0 radical (unpaired) electrons. The van der Waals surface area contributed by atoms with Crippen LogP contribution in [-0.2, 0) is 9.53 Å². The highest BCUT2D eigenvalue weighted by atomic mass is 16.5. The molecule has 1 aliphatic heterocycles. The van der Waals surface area contributed by atoms with Crippen molar-refractivity contribution in [3.8, 4) is 0 Å². The van der Waals surface area contributed by atoms with Crippen LogP contribution in [0, 0.1) is 0 Å². The second-order valence-corrected chi connectivity index (χ2v) is 5.65. The molecule has 1 rings (SSSR count). The smallest absolute Gasteiger partial charge is 0.225 e. The van der Waals surface area contributed by atoms with E-state index in [9.17, 15) is 4.79 Å². The van der Waals surface area contributed by atoms with Crippen molar-refractivity contribution in [2.75, 3.05) is 26.3 Å². The first-order valence-corrected chi connectivity index (χ1v) is 7.75. The zero-order valence-electron chi connectivity index (χ0n) is 12.8. The lowest BCUT2D eigenvalue weighted by Gasteiger charge is -2.33. The number of amides is 1. The lowest BCUT2D eigenvalue weighted by Crippen LogP contribution is -2.48. The minimum atomic E-state index is 0.221. The molecule has 0 aromatic carbocycles. The highest BCUT2D eigenvalue weighted by molar-refractivity contribution is 5.76. The van der Waals surface area contributed by atoms with Gasteiger partial charge in [0.2, 0.25) is 5.91 Å². The highest BCUT2D eigenvalue weighted by Crippen LogP contribution is 2.11. The molecule has 1 atom stereocenters. The van der Waals surface area contributed by atoms with Gasteiger partial charge in [-0.2, -0.15) is 0 Å². The molecule has 0 aromatic heterocycles. The number of nitrogens with zero attached hydrogens (tertiary/aromatic N) is 1. The fourth-order valence-electron chi connectivity index (χ4n) is 2.47. The van der Waals surface area contributed by atoms with Crippen molar-refractivity contribution in [3.05, 3.63) is 0 Å². The summed E-state index contributed by atoms with van der Waals surface area (Å²) in [6.07, 6.45) is 5.23. The van der Waals surface area contributed by atoms with Crippen LogP contribution in [0.1, 0.15) is 52.9 Å². The summed E-state index contributed by atoms with van der Waals surface area (Å²) >= 11 is 0. The Hall–Kier alpha value is -0.610. The Morgan fingerprint density at radius 1 is 1.37 bits per heavy atom. The Morgan fingerprint density at radius 2 is 2.16 bits per heavy atom.